The van der Waals surface area contributed by atoms with Gasteiger partial charge in [-0.1, -0.05) is 11.6 Å². The second-order valence-corrected chi connectivity index (χ2v) is 8.28. The van der Waals surface area contributed by atoms with Gasteiger partial charge in [-0.2, -0.15) is 0 Å². The Balaban J connectivity index is 0.000000293. The molecule has 2 aliphatic heterocycles. The molecular formula is C21H23ClN4O4S. The Morgan fingerprint density at radius 3 is 2.29 bits per heavy atom. The molecule has 0 amide bonds. The number of hydrogen-bond acceptors (Lipinski definition) is 7. The second kappa shape index (κ2) is 9.95. The monoisotopic (exact) mass is 462 g/mol. The van der Waals surface area contributed by atoms with Crippen LogP contribution in [0.1, 0.15) is 5.56 Å². The zero-order chi connectivity index (χ0) is 22.5. The van der Waals surface area contributed by atoms with Gasteiger partial charge in [-0.25, -0.2) is 14.6 Å². The quantitative estimate of drug-likeness (QED) is 0.659. The van der Waals surface area contributed by atoms with Gasteiger partial charge in [0.25, 0.3) is 0 Å². The molecule has 31 heavy (non-hydrogen) atoms. The number of rotatable bonds is 2. The van der Waals surface area contributed by atoms with Crippen LogP contribution in [0.5, 0.6) is 0 Å². The molecule has 2 N–H and O–H groups in total. The van der Waals surface area contributed by atoms with Gasteiger partial charge in [-0.05, 0) is 25.2 Å². The standard InChI is InChI=1S/C17H19ClN4S.C4H4O4/c1-20-5-7-22(8-6-20)17-13-9-12(18)3-4-15(13)21(2)16-11-23-10-14(16)19-17;5-3(6)1-2-4(7)8/h3-4,9-11H,5-8H2,1-2H3;1-2H,(H,5,6)(H,7,8). The molecule has 0 atom stereocenters. The summed E-state index contributed by atoms with van der Waals surface area (Å²) in [7, 11) is 4.27. The molecule has 0 radical (unpaired) electrons. The highest BCUT2D eigenvalue weighted by atomic mass is 35.5. The van der Waals surface area contributed by atoms with Crippen molar-refractivity contribution in [3.63, 3.8) is 0 Å². The number of benzene rings is 1. The van der Waals surface area contributed by atoms with Crippen LogP contribution in [-0.2, 0) is 9.59 Å². The number of amidine groups is 1. The lowest BCUT2D eigenvalue weighted by Gasteiger charge is -2.35. The Morgan fingerprint density at radius 1 is 1.03 bits per heavy atom. The van der Waals surface area contributed by atoms with Crippen molar-refractivity contribution in [3.05, 3.63) is 51.7 Å². The van der Waals surface area contributed by atoms with Crippen molar-refractivity contribution in [2.75, 3.05) is 45.2 Å². The number of aliphatic imine (C=N–C) groups is 1. The fourth-order valence-corrected chi connectivity index (χ4v) is 4.25. The van der Waals surface area contributed by atoms with Crippen LogP contribution in [0.4, 0.5) is 17.1 Å². The first-order valence-corrected chi connectivity index (χ1v) is 10.8. The summed E-state index contributed by atoms with van der Waals surface area (Å²) in [5.74, 6) is -1.47. The van der Waals surface area contributed by atoms with Crippen molar-refractivity contribution >= 4 is 57.8 Å². The minimum atomic E-state index is -1.26. The molecule has 1 aromatic carbocycles. The second-order valence-electron chi connectivity index (χ2n) is 7.10. The van der Waals surface area contributed by atoms with Gasteiger partial charge in [0.05, 0.1) is 17.1 Å². The van der Waals surface area contributed by atoms with Crippen molar-refractivity contribution in [1.29, 1.82) is 0 Å². The average Bonchev–Trinajstić information content (AvgIpc) is 3.15. The highest BCUT2D eigenvalue weighted by Gasteiger charge is 2.26. The molecule has 0 saturated carbocycles. The predicted molar refractivity (Wildman–Crippen MR) is 124 cm³/mol. The molecule has 0 bridgehead atoms. The number of halogens is 1. The minimum absolute atomic E-state index is 0.558. The predicted octanol–water partition coefficient (Wildman–Crippen LogP) is 3.52. The average molecular weight is 463 g/mol. The number of carboxylic acids is 2. The normalized spacial score (nSPS) is 16.0. The van der Waals surface area contributed by atoms with Crippen molar-refractivity contribution < 1.29 is 19.8 Å². The summed E-state index contributed by atoms with van der Waals surface area (Å²) >= 11 is 7.99. The van der Waals surface area contributed by atoms with E-state index in [0.717, 1.165) is 59.7 Å². The lowest BCUT2D eigenvalue weighted by atomic mass is 10.1. The van der Waals surface area contributed by atoms with Crippen LogP contribution in [0, 0.1) is 0 Å². The third kappa shape index (κ3) is 5.63. The fraction of sp³-hybridized carbons (Fsp3) is 0.286. The van der Waals surface area contributed by atoms with Gasteiger partial charge in [-0.3, -0.25) is 0 Å². The summed E-state index contributed by atoms with van der Waals surface area (Å²) in [6.45, 7) is 4.09. The Labute approximate surface area is 189 Å². The van der Waals surface area contributed by atoms with Crippen LogP contribution in [-0.4, -0.2) is 78.1 Å². The van der Waals surface area contributed by atoms with Gasteiger partial charge in [0.1, 0.15) is 5.84 Å². The number of piperazine rings is 1. The highest BCUT2D eigenvalue weighted by molar-refractivity contribution is 7.09. The summed E-state index contributed by atoms with van der Waals surface area (Å²) in [5.41, 5.74) is 4.47. The summed E-state index contributed by atoms with van der Waals surface area (Å²) in [6.07, 6.45) is 1.12. The number of carboxylic acid groups (broad SMARTS) is 2. The first kappa shape index (κ1) is 22.8. The molecule has 0 aliphatic carbocycles. The van der Waals surface area contributed by atoms with E-state index < -0.39 is 11.9 Å². The van der Waals surface area contributed by atoms with E-state index in [9.17, 15) is 9.59 Å². The summed E-state index contributed by atoms with van der Waals surface area (Å²) < 4.78 is 0. The molecule has 0 unspecified atom stereocenters. The van der Waals surface area contributed by atoms with Gasteiger partial charge in [0.2, 0.25) is 0 Å². The number of aliphatic carboxylic acids is 2. The molecule has 2 aromatic rings. The molecule has 164 valence electrons. The largest absolute Gasteiger partial charge is 0.478 e. The number of thiophene rings is 1. The highest BCUT2D eigenvalue weighted by Crippen LogP contribution is 2.41. The molecule has 10 heteroatoms. The molecule has 1 fully saturated rings. The van der Waals surface area contributed by atoms with Crippen LogP contribution in [0.2, 0.25) is 5.02 Å². The zero-order valence-corrected chi connectivity index (χ0v) is 18.7. The zero-order valence-electron chi connectivity index (χ0n) is 17.2. The van der Waals surface area contributed by atoms with Crippen LogP contribution in [0.25, 0.3) is 0 Å². The maximum atomic E-state index is 9.55. The maximum absolute atomic E-state index is 9.55. The van der Waals surface area contributed by atoms with Crippen LogP contribution in [0.15, 0.2) is 46.1 Å². The van der Waals surface area contributed by atoms with Crippen LogP contribution >= 0.6 is 22.9 Å². The molecule has 1 aromatic heterocycles. The Kier molecular flexibility index (Phi) is 7.32. The smallest absolute Gasteiger partial charge is 0.328 e. The van der Waals surface area contributed by atoms with E-state index in [1.54, 1.807) is 11.3 Å². The Morgan fingerprint density at radius 2 is 1.68 bits per heavy atom. The van der Waals surface area contributed by atoms with E-state index in [4.69, 9.17) is 26.8 Å². The fourth-order valence-electron chi connectivity index (χ4n) is 3.30. The van der Waals surface area contributed by atoms with Gasteiger partial charge in [0.15, 0.2) is 0 Å². The van der Waals surface area contributed by atoms with Gasteiger partial charge in [0, 0.05) is 66.7 Å². The van der Waals surface area contributed by atoms with E-state index in [1.807, 2.05) is 12.1 Å². The number of carbonyl (C=O) groups is 2. The van der Waals surface area contributed by atoms with Gasteiger partial charge >= 0.3 is 11.9 Å². The Hall–Kier alpha value is -2.88. The van der Waals surface area contributed by atoms with Crippen molar-refractivity contribution in [2.45, 2.75) is 0 Å². The van der Waals surface area contributed by atoms with E-state index in [-0.39, 0.29) is 0 Å². The molecule has 0 spiro atoms. The Bertz CT molecular complexity index is 1010. The summed E-state index contributed by atoms with van der Waals surface area (Å²) in [4.78, 5) is 31.1. The van der Waals surface area contributed by atoms with Crippen LogP contribution in [0.3, 0.4) is 0 Å². The minimum Gasteiger partial charge on any atom is -0.478 e. The van der Waals surface area contributed by atoms with Gasteiger partial charge < -0.3 is 24.9 Å². The third-order valence-corrected chi connectivity index (χ3v) is 5.90. The molecule has 3 heterocycles. The van der Waals surface area contributed by atoms with Crippen molar-refractivity contribution in [1.82, 2.24) is 9.80 Å². The molecule has 2 aliphatic rings. The SMILES string of the molecule is CN1CCN(C2=Nc3cscc3N(C)c3ccc(Cl)cc32)CC1.O=C(O)C=CC(=O)O. The lowest BCUT2D eigenvalue weighted by molar-refractivity contribution is -0.134. The van der Waals surface area contributed by atoms with E-state index in [1.165, 1.54) is 0 Å². The van der Waals surface area contributed by atoms with E-state index in [2.05, 4.69) is 45.6 Å². The third-order valence-electron chi connectivity index (χ3n) is 4.94. The number of fused-ring (bicyclic) bond motifs is 2. The number of hydrogen-bond donors (Lipinski definition) is 2. The molecule has 4 rings (SSSR count). The van der Waals surface area contributed by atoms with Crippen LogP contribution < -0.4 is 4.90 Å². The van der Waals surface area contributed by atoms with Gasteiger partial charge in [-0.15, -0.1) is 11.3 Å². The summed E-state index contributed by atoms with van der Waals surface area (Å²) in [5, 5.41) is 20.7. The maximum Gasteiger partial charge on any atom is 0.328 e. The number of nitrogens with zero attached hydrogens (tertiary/aromatic N) is 4. The summed E-state index contributed by atoms with van der Waals surface area (Å²) in [6, 6.07) is 6.09. The lowest BCUT2D eigenvalue weighted by Crippen LogP contribution is -2.47. The number of anilines is 2. The van der Waals surface area contributed by atoms with E-state index in [0.29, 0.717) is 12.2 Å². The molecule has 1 saturated heterocycles. The van der Waals surface area contributed by atoms with E-state index >= 15 is 0 Å². The van der Waals surface area contributed by atoms with Crippen molar-refractivity contribution in [3.8, 4) is 0 Å². The van der Waals surface area contributed by atoms with Crippen molar-refractivity contribution in [2.24, 2.45) is 4.99 Å². The molecule has 8 nitrogen and oxygen atoms in total. The topological polar surface area (TPSA) is 96.7 Å². The number of likely N-dealkylation sites (N-methyl/N-ethyl adjacent to an activating group) is 1. The molecular weight excluding hydrogens is 440 g/mol. The first-order valence-electron chi connectivity index (χ1n) is 9.52. The first-order chi connectivity index (χ1) is 14.8.